The lowest BCUT2D eigenvalue weighted by Gasteiger charge is -2.27. The van der Waals surface area contributed by atoms with Crippen molar-refractivity contribution in [3.05, 3.63) is 65.5 Å². The molecule has 1 aromatic carbocycles. The fourth-order valence-electron chi connectivity index (χ4n) is 3.07. The Balaban J connectivity index is 1.94. The van der Waals surface area contributed by atoms with Gasteiger partial charge in [0, 0.05) is 24.0 Å². The number of benzene rings is 1. The van der Waals surface area contributed by atoms with E-state index >= 15 is 0 Å². The van der Waals surface area contributed by atoms with E-state index in [1.54, 1.807) is 0 Å². The van der Waals surface area contributed by atoms with Crippen molar-refractivity contribution in [2.45, 2.75) is 32.2 Å². The number of nitrogens with one attached hydrogen (secondary N) is 2. The minimum absolute atomic E-state index is 0.447. The molecule has 0 aliphatic carbocycles. The predicted molar refractivity (Wildman–Crippen MR) is 100 cm³/mol. The lowest BCUT2D eigenvalue weighted by molar-refractivity contribution is 0.425. The molecule has 3 rings (SSSR count). The average Bonchev–Trinajstić information content (AvgIpc) is 2.67. The third-order valence-electron chi connectivity index (χ3n) is 4.60. The number of rotatable bonds is 5. The zero-order valence-corrected chi connectivity index (χ0v) is 14.3. The largest absolute Gasteiger partial charge is 0.397 e. The Morgan fingerprint density at radius 2 is 1.75 bits per heavy atom. The van der Waals surface area contributed by atoms with Crippen molar-refractivity contribution in [3.8, 4) is 0 Å². The fourth-order valence-corrected chi connectivity index (χ4v) is 3.07. The molecule has 0 radical (unpaired) electrons. The Labute approximate surface area is 144 Å². The highest BCUT2D eigenvalue weighted by atomic mass is 15.0. The van der Waals surface area contributed by atoms with Crippen LogP contribution < -0.4 is 16.4 Å². The van der Waals surface area contributed by atoms with Crippen LogP contribution >= 0.6 is 0 Å². The van der Waals surface area contributed by atoms with E-state index < -0.39 is 0 Å². The van der Waals surface area contributed by atoms with Gasteiger partial charge < -0.3 is 16.4 Å². The van der Waals surface area contributed by atoms with Crippen molar-refractivity contribution in [2.24, 2.45) is 5.73 Å². The lowest BCUT2D eigenvalue weighted by Crippen LogP contribution is -2.39. The molecule has 126 valence electrons. The van der Waals surface area contributed by atoms with E-state index in [1.165, 1.54) is 5.56 Å². The van der Waals surface area contributed by atoms with E-state index in [2.05, 4.69) is 46.8 Å². The molecule has 2 aromatic rings. The molecule has 4 heteroatoms. The van der Waals surface area contributed by atoms with Gasteiger partial charge in [-0.3, -0.25) is 4.98 Å². The van der Waals surface area contributed by atoms with Gasteiger partial charge in [0.2, 0.25) is 0 Å². The molecule has 0 amide bonds. The highest BCUT2D eigenvalue weighted by Crippen LogP contribution is 2.22. The highest BCUT2D eigenvalue weighted by Gasteiger charge is 2.17. The predicted octanol–water partition coefficient (Wildman–Crippen LogP) is 2.77. The molecule has 1 aliphatic heterocycles. The van der Waals surface area contributed by atoms with Crippen molar-refractivity contribution in [2.75, 3.05) is 13.1 Å². The number of hydrogen-bond acceptors (Lipinski definition) is 4. The van der Waals surface area contributed by atoms with E-state index in [0.717, 1.165) is 54.9 Å². The van der Waals surface area contributed by atoms with Gasteiger partial charge in [0.25, 0.3) is 0 Å². The monoisotopic (exact) mass is 322 g/mol. The summed E-state index contributed by atoms with van der Waals surface area (Å²) in [7, 11) is 0. The van der Waals surface area contributed by atoms with Gasteiger partial charge in [-0.05, 0) is 55.6 Å². The summed E-state index contributed by atoms with van der Waals surface area (Å²) in [6, 6.07) is 13.0. The van der Waals surface area contributed by atoms with Crippen molar-refractivity contribution in [1.82, 2.24) is 15.6 Å². The van der Waals surface area contributed by atoms with E-state index in [4.69, 9.17) is 5.73 Å². The smallest absolute Gasteiger partial charge is 0.0656 e. The number of hydrogen-bond donors (Lipinski definition) is 3. The molecule has 0 saturated carbocycles. The molecule has 1 aromatic heterocycles. The first-order valence-electron chi connectivity index (χ1n) is 8.74. The molecule has 4 nitrogen and oxygen atoms in total. The number of aromatic nitrogens is 1. The zero-order chi connectivity index (χ0) is 16.8. The lowest BCUT2D eigenvalue weighted by atomic mass is 10.0. The third-order valence-corrected chi connectivity index (χ3v) is 4.60. The minimum Gasteiger partial charge on any atom is -0.397 e. The van der Waals surface area contributed by atoms with Gasteiger partial charge in [-0.2, -0.15) is 0 Å². The molecule has 0 unspecified atom stereocenters. The van der Waals surface area contributed by atoms with Crippen LogP contribution in [0.4, 0.5) is 0 Å². The molecule has 1 aliphatic rings. The van der Waals surface area contributed by atoms with Crippen LogP contribution in [0.2, 0.25) is 0 Å². The van der Waals surface area contributed by atoms with Gasteiger partial charge in [0.15, 0.2) is 0 Å². The fraction of sp³-hybridized carbons (Fsp3) is 0.350. The average molecular weight is 322 g/mol. The maximum absolute atomic E-state index is 6.56. The summed E-state index contributed by atoms with van der Waals surface area (Å²) < 4.78 is 0. The summed E-state index contributed by atoms with van der Waals surface area (Å²) in [4.78, 5) is 4.13. The van der Waals surface area contributed by atoms with Gasteiger partial charge in [-0.25, -0.2) is 0 Å². The first-order chi connectivity index (χ1) is 11.8. The zero-order valence-electron chi connectivity index (χ0n) is 14.3. The first kappa shape index (κ1) is 16.5. The Morgan fingerprint density at radius 1 is 1.08 bits per heavy atom. The molecule has 2 heterocycles. The van der Waals surface area contributed by atoms with E-state index in [1.807, 2.05) is 24.5 Å². The van der Waals surface area contributed by atoms with Crippen LogP contribution in [0, 0.1) is 0 Å². The van der Waals surface area contributed by atoms with Crippen LogP contribution in [0.25, 0.3) is 11.4 Å². The van der Waals surface area contributed by atoms with E-state index in [-0.39, 0.29) is 0 Å². The Morgan fingerprint density at radius 3 is 2.38 bits per heavy atom. The van der Waals surface area contributed by atoms with Crippen molar-refractivity contribution >= 4 is 11.4 Å². The number of aryl methyl sites for hydroxylation is 1. The molecule has 0 bridgehead atoms. The maximum atomic E-state index is 6.56. The summed E-state index contributed by atoms with van der Waals surface area (Å²) >= 11 is 0. The van der Waals surface area contributed by atoms with Gasteiger partial charge >= 0.3 is 0 Å². The second-order valence-corrected chi connectivity index (χ2v) is 6.24. The Bertz CT molecular complexity index is 671. The summed E-state index contributed by atoms with van der Waals surface area (Å²) in [5.41, 5.74) is 11.8. The topological polar surface area (TPSA) is 63.0 Å². The second-order valence-electron chi connectivity index (χ2n) is 6.24. The molecule has 1 saturated heterocycles. The van der Waals surface area contributed by atoms with Crippen LogP contribution in [0.5, 0.6) is 0 Å². The first-order valence-corrected chi connectivity index (χ1v) is 8.74. The quantitative estimate of drug-likeness (QED) is 0.792. The van der Waals surface area contributed by atoms with E-state index in [0.29, 0.717) is 6.04 Å². The SMILES string of the molecule is CCc1ccc(/C(N)=C(/NC2CCNCC2)c2ccncc2)cc1. The van der Waals surface area contributed by atoms with Gasteiger partial charge in [0.1, 0.15) is 0 Å². The summed E-state index contributed by atoms with van der Waals surface area (Å²) in [5.74, 6) is 0. The summed E-state index contributed by atoms with van der Waals surface area (Å²) in [6.45, 7) is 4.26. The van der Waals surface area contributed by atoms with Gasteiger partial charge in [-0.1, -0.05) is 31.2 Å². The maximum Gasteiger partial charge on any atom is 0.0656 e. The molecule has 0 spiro atoms. The number of piperidine rings is 1. The van der Waals surface area contributed by atoms with Crippen molar-refractivity contribution in [3.63, 3.8) is 0 Å². The third kappa shape index (κ3) is 3.95. The second kappa shape index (κ2) is 7.97. The molecule has 24 heavy (non-hydrogen) atoms. The molecule has 0 atom stereocenters. The summed E-state index contributed by atoms with van der Waals surface area (Å²) in [6.07, 6.45) is 6.88. The van der Waals surface area contributed by atoms with Crippen LogP contribution in [-0.2, 0) is 6.42 Å². The molecule has 4 N–H and O–H groups in total. The number of nitrogens with zero attached hydrogens (tertiary/aromatic N) is 1. The standard InChI is InChI=1S/C20H26N4/c1-2-15-3-5-16(6-4-15)19(21)20(17-7-11-22-12-8-17)24-18-9-13-23-14-10-18/h3-8,11-12,18,23-24H,2,9-10,13-14,21H2,1H3/b20-19-. The highest BCUT2D eigenvalue weighted by molar-refractivity contribution is 5.88. The van der Waals surface area contributed by atoms with Crippen molar-refractivity contribution in [1.29, 1.82) is 0 Å². The molecular formula is C20H26N4. The van der Waals surface area contributed by atoms with Crippen LogP contribution in [-0.4, -0.2) is 24.1 Å². The Kier molecular flexibility index (Phi) is 5.49. The summed E-state index contributed by atoms with van der Waals surface area (Å²) in [5, 5.41) is 7.09. The minimum atomic E-state index is 0.447. The van der Waals surface area contributed by atoms with Gasteiger partial charge in [-0.15, -0.1) is 0 Å². The number of pyridine rings is 1. The molecule has 1 fully saturated rings. The number of nitrogens with two attached hydrogens (primary N) is 1. The van der Waals surface area contributed by atoms with Crippen LogP contribution in [0.15, 0.2) is 48.8 Å². The molecular weight excluding hydrogens is 296 g/mol. The van der Waals surface area contributed by atoms with E-state index in [9.17, 15) is 0 Å². The van der Waals surface area contributed by atoms with Crippen LogP contribution in [0.3, 0.4) is 0 Å². The van der Waals surface area contributed by atoms with Crippen molar-refractivity contribution < 1.29 is 0 Å². The van der Waals surface area contributed by atoms with Gasteiger partial charge in [0.05, 0.1) is 11.4 Å². The normalized spacial score (nSPS) is 16.5. The Hall–Kier alpha value is -2.33. The van der Waals surface area contributed by atoms with Crippen LogP contribution in [0.1, 0.15) is 36.5 Å².